The van der Waals surface area contributed by atoms with Gasteiger partial charge in [-0.15, -0.1) is 0 Å². The Morgan fingerprint density at radius 2 is 2.00 bits per heavy atom. The SMILES string of the molecule is O=C(C=Cc1ccc(-c2ccccc2[N+](=O)[O-])o1)Nc1ccc(I)cn1. The molecular weight excluding hydrogens is 449 g/mol. The van der Waals surface area contributed by atoms with E-state index in [1.165, 1.54) is 18.2 Å². The van der Waals surface area contributed by atoms with Crippen LogP contribution in [-0.2, 0) is 4.79 Å². The van der Waals surface area contributed by atoms with E-state index in [9.17, 15) is 14.9 Å². The van der Waals surface area contributed by atoms with Crippen molar-refractivity contribution in [2.75, 3.05) is 5.32 Å². The van der Waals surface area contributed by atoms with Gasteiger partial charge in [0.05, 0.1) is 10.5 Å². The zero-order valence-electron chi connectivity index (χ0n) is 13.3. The number of anilines is 1. The molecule has 26 heavy (non-hydrogen) atoms. The number of furan rings is 1. The van der Waals surface area contributed by atoms with Crippen molar-refractivity contribution in [1.82, 2.24) is 4.98 Å². The van der Waals surface area contributed by atoms with E-state index in [4.69, 9.17) is 4.42 Å². The first-order chi connectivity index (χ1) is 12.5. The van der Waals surface area contributed by atoms with Gasteiger partial charge in [-0.2, -0.15) is 0 Å². The lowest BCUT2D eigenvalue weighted by Gasteiger charge is -2.00. The number of rotatable bonds is 5. The number of amides is 1. The summed E-state index contributed by atoms with van der Waals surface area (Å²) >= 11 is 2.12. The molecule has 0 aliphatic rings. The minimum absolute atomic E-state index is 0.0418. The van der Waals surface area contributed by atoms with Crippen molar-refractivity contribution < 1.29 is 14.1 Å². The van der Waals surface area contributed by atoms with Crippen LogP contribution in [0.2, 0.25) is 0 Å². The molecule has 2 heterocycles. The van der Waals surface area contributed by atoms with E-state index in [2.05, 4.69) is 32.9 Å². The molecule has 0 unspecified atom stereocenters. The molecule has 0 radical (unpaired) electrons. The fourth-order valence-corrected chi connectivity index (χ4v) is 2.52. The highest BCUT2D eigenvalue weighted by Crippen LogP contribution is 2.31. The maximum absolute atomic E-state index is 11.9. The van der Waals surface area contributed by atoms with Gasteiger partial charge in [-0.05, 0) is 59.0 Å². The highest BCUT2D eigenvalue weighted by molar-refractivity contribution is 14.1. The minimum atomic E-state index is -0.463. The standard InChI is InChI=1S/C18H12IN3O4/c19-12-5-9-17(20-11-12)21-18(23)10-7-13-6-8-16(26-13)14-3-1-2-4-15(14)22(24)25/h1-11H,(H,20,21,23). The summed E-state index contributed by atoms with van der Waals surface area (Å²) in [5.41, 5.74) is 0.338. The molecule has 0 fully saturated rings. The minimum Gasteiger partial charge on any atom is -0.456 e. The zero-order valence-corrected chi connectivity index (χ0v) is 15.4. The first-order valence-corrected chi connectivity index (χ1v) is 8.55. The van der Waals surface area contributed by atoms with Crippen LogP contribution in [0, 0.1) is 13.7 Å². The molecule has 0 spiro atoms. The van der Waals surface area contributed by atoms with E-state index < -0.39 is 4.92 Å². The van der Waals surface area contributed by atoms with Gasteiger partial charge in [-0.1, -0.05) is 12.1 Å². The number of carbonyl (C=O) groups excluding carboxylic acids is 1. The summed E-state index contributed by atoms with van der Waals surface area (Å²) in [6.07, 6.45) is 4.44. The number of aromatic nitrogens is 1. The number of halogens is 1. The summed E-state index contributed by atoms with van der Waals surface area (Å²) in [5.74, 6) is 0.850. The molecule has 0 bridgehead atoms. The lowest BCUT2D eigenvalue weighted by Crippen LogP contribution is -2.08. The molecule has 0 saturated heterocycles. The van der Waals surface area contributed by atoms with Gasteiger partial charge in [0.15, 0.2) is 0 Å². The van der Waals surface area contributed by atoms with Gasteiger partial charge < -0.3 is 9.73 Å². The van der Waals surface area contributed by atoms with Gasteiger partial charge in [0.1, 0.15) is 17.3 Å². The zero-order chi connectivity index (χ0) is 18.5. The number of para-hydroxylation sites is 1. The number of pyridine rings is 1. The molecule has 2 aromatic heterocycles. The Bertz CT molecular complexity index is 980. The normalized spacial score (nSPS) is 10.8. The number of carbonyl (C=O) groups is 1. The number of benzene rings is 1. The van der Waals surface area contributed by atoms with Crippen LogP contribution < -0.4 is 5.32 Å². The van der Waals surface area contributed by atoms with Gasteiger partial charge >= 0.3 is 0 Å². The summed E-state index contributed by atoms with van der Waals surface area (Å²) in [5, 5.41) is 13.7. The average Bonchev–Trinajstić information content (AvgIpc) is 3.11. The number of nitrogens with one attached hydrogen (secondary N) is 1. The number of hydrogen-bond donors (Lipinski definition) is 1. The van der Waals surface area contributed by atoms with E-state index in [0.29, 0.717) is 22.9 Å². The van der Waals surface area contributed by atoms with E-state index in [1.807, 2.05) is 6.07 Å². The van der Waals surface area contributed by atoms with Crippen LogP contribution in [0.4, 0.5) is 11.5 Å². The number of nitro groups is 1. The highest BCUT2D eigenvalue weighted by Gasteiger charge is 2.16. The fraction of sp³-hybridized carbons (Fsp3) is 0. The maximum atomic E-state index is 11.9. The van der Waals surface area contributed by atoms with Gasteiger partial charge in [-0.25, -0.2) is 4.98 Å². The van der Waals surface area contributed by atoms with E-state index in [-0.39, 0.29) is 11.6 Å². The monoisotopic (exact) mass is 461 g/mol. The van der Waals surface area contributed by atoms with E-state index >= 15 is 0 Å². The Kier molecular flexibility index (Phi) is 5.42. The van der Waals surface area contributed by atoms with Crippen molar-refractivity contribution in [3.8, 4) is 11.3 Å². The average molecular weight is 461 g/mol. The van der Waals surface area contributed by atoms with E-state index in [1.54, 1.807) is 42.6 Å². The largest absolute Gasteiger partial charge is 0.456 e. The van der Waals surface area contributed by atoms with Crippen molar-refractivity contribution >= 4 is 46.1 Å². The molecule has 0 atom stereocenters. The Hall–Kier alpha value is -3.01. The quantitative estimate of drug-likeness (QED) is 0.261. The Morgan fingerprint density at radius 1 is 1.19 bits per heavy atom. The molecule has 3 rings (SSSR count). The van der Waals surface area contributed by atoms with Crippen LogP contribution in [0.15, 0.2) is 65.2 Å². The Balaban J connectivity index is 1.72. The highest BCUT2D eigenvalue weighted by atomic mass is 127. The summed E-state index contributed by atoms with van der Waals surface area (Å²) in [6, 6.07) is 13.1. The molecule has 8 heteroatoms. The molecule has 1 aromatic carbocycles. The second-order valence-electron chi connectivity index (χ2n) is 5.16. The van der Waals surface area contributed by atoms with Crippen molar-refractivity contribution in [3.63, 3.8) is 0 Å². The molecule has 7 nitrogen and oxygen atoms in total. The van der Waals surface area contributed by atoms with Crippen molar-refractivity contribution in [2.24, 2.45) is 0 Å². The Labute approximate surface area is 162 Å². The van der Waals surface area contributed by atoms with Crippen LogP contribution >= 0.6 is 22.6 Å². The third-order valence-corrected chi connectivity index (χ3v) is 4.01. The van der Waals surface area contributed by atoms with Crippen molar-refractivity contribution in [3.05, 3.63) is 80.2 Å². The summed E-state index contributed by atoms with van der Waals surface area (Å²) in [6.45, 7) is 0. The van der Waals surface area contributed by atoms with Crippen LogP contribution in [0.5, 0.6) is 0 Å². The number of nitro benzene ring substituents is 1. The maximum Gasteiger partial charge on any atom is 0.280 e. The molecule has 0 aliphatic carbocycles. The molecule has 1 amide bonds. The lowest BCUT2D eigenvalue weighted by molar-refractivity contribution is -0.384. The van der Waals surface area contributed by atoms with Gasteiger partial charge in [0, 0.05) is 21.9 Å². The van der Waals surface area contributed by atoms with Crippen LogP contribution in [0.1, 0.15) is 5.76 Å². The van der Waals surface area contributed by atoms with Crippen LogP contribution in [0.25, 0.3) is 17.4 Å². The second-order valence-corrected chi connectivity index (χ2v) is 6.41. The summed E-state index contributed by atoms with van der Waals surface area (Å²) in [4.78, 5) is 26.6. The second kappa shape index (κ2) is 7.91. The summed E-state index contributed by atoms with van der Waals surface area (Å²) < 4.78 is 6.56. The predicted molar refractivity (Wildman–Crippen MR) is 105 cm³/mol. The van der Waals surface area contributed by atoms with Crippen molar-refractivity contribution in [2.45, 2.75) is 0 Å². The van der Waals surface area contributed by atoms with Crippen LogP contribution in [0.3, 0.4) is 0 Å². The molecule has 130 valence electrons. The van der Waals surface area contributed by atoms with Crippen molar-refractivity contribution in [1.29, 1.82) is 0 Å². The third kappa shape index (κ3) is 4.33. The molecule has 3 aromatic rings. The molecular formula is C18H12IN3O4. The molecule has 1 N–H and O–H groups in total. The third-order valence-electron chi connectivity index (χ3n) is 3.37. The first kappa shape index (κ1) is 17.8. The van der Waals surface area contributed by atoms with Gasteiger partial charge in [-0.3, -0.25) is 14.9 Å². The predicted octanol–water partition coefficient (Wildman–Crippen LogP) is 4.51. The smallest absolute Gasteiger partial charge is 0.280 e. The van der Waals surface area contributed by atoms with Crippen LogP contribution in [-0.4, -0.2) is 15.8 Å². The first-order valence-electron chi connectivity index (χ1n) is 7.47. The van der Waals surface area contributed by atoms with Gasteiger partial charge in [0.2, 0.25) is 5.91 Å². The molecule has 0 aliphatic heterocycles. The number of hydrogen-bond acceptors (Lipinski definition) is 5. The van der Waals surface area contributed by atoms with Gasteiger partial charge in [0.25, 0.3) is 5.69 Å². The Morgan fingerprint density at radius 3 is 2.73 bits per heavy atom. The summed E-state index contributed by atoms with van der Waals surface area (Å²) in [7, 11) is 0. The van der Waals surface area contributed by atoms with E-state index in [0.717, 1.165) is 3.57 Å². The lowest BCUT2D eigenvalue weighted by atomic mass is 10.1. The fourth-order valence-electron chi connectivity index (χ4n) is 2.20. The topological polar surface area (TPSA) is 98.3 Å². The molecule has 0 saturated carbocycles. The number of nitrogens with zero attached hydrogens (tertiary/aromatic N) is 2.